The molecular formula is C21H18ClN3O3. The van der Waals surface area contributed by atoms with Crippen molar-refractivity contribution in [2.45, 2.75) is 6.42 Å². The molecule has 0 unspecified atom stereocenters. The first-order chi connectivity index (χ1) is 13.6. The van der Waals surface area contributed by atoms with E-state index >= 15 is 0 Å². The third-order valence-electron chi connectivity index (χ3n) is 4.64. The van der Waals surface area contributed by atoms with Crippen LogP contribution in [0.2, 0.25) is 5.02 Å². The highest BCUT2D eigenvalue weighted by molar-refractivity contribution is 6.38. The van der Waals surface area contributed by atoms with Crippen LogP contribution in [-0.2, 0) is 9.53 Å². The standard InChI is InChI=1S/C21H18ClN3O3/c1-28-9-8-18(26)24-17-7-6-12-10-14(21(27)25-20(12)19(17)22)15-11-23-16-5-3-2-4-13(15)16/h2-7,10-11,23H,8-9H2,1H3,(H,24,26)(H,25,27). The number of halogens is 1. The van der Waals surface area contributed by atoms with Gasteiger partial charge < -0.3 is 20.0 Å². The van der Waals surface area contributed by atoms with Gasteiger partial charge in [-0.25, -0.2) is 0 Å². The molecule has 3 N–H and O–H groups in total. The number of ether oxygens (including phenoxy) is 1. The first kappa shape index (κ1) is 18.3. The van der Waals surface area contributed by atoms with Crippen molar-refractivity contribution in [2.75, 3.05) is 19.0 Å². The molecule has 2 heterocycles. The number of benzene rings is 2. The number of aromatic amines is 2. The number of hydrogen-bond acceptors (Lipinski definition) is 3. The van der Waals surface area contributed by atoms with Crippen LogP contribution in [0.15, 0.2) is 53.5 Å². The van der Waals surface area contributed by atoms with Gasteiger partial charge in [-0.15, -0.1) is 0 Å². The number of rotatable bonds is 5. The van der Waals surface area contributed by atoms with E-state index in [0.29, 0.717) is 28.4 Å². The lowest BCUT2D eigenvalue weighted by Gasteiger charge is -2.10. The fourth-order valence-corrected chi connectivity index (χ4v) is 3.51. The molecule has 0 aliphatic carbocycles. The van der Waals surface area contributed by atoms with Crippen LogP contribution in [0.5, 0.6) is 0 Å². The lowest BCUT2D eigenvalue weighted by atomic mass is 10.0. The highest BCUT2D eigenvalue weighted by Gasteiger charge is 2.14. The van der Waals surface area contributed by atoms with E-state index in [0.717, 1.165) is 21.9 Å². The van der Waals surface area contributed by atoms with Gasteiger partial charge in [-0.05, 0) is 18.2 Å². The maximum absolute atomic E-state index is 12.8. The van der Waals surface area contributed by atoms with Crippen molar-refractivity contribution in [1.29, 1.82) is 0 Å². The summed E-state index contributed by atoms with van der Waals surface area (Å²) >= 11 is 6.44. The zero-order valence-corrected chi connectivity index (χ0v) is 15.9. The maximum Gasteiger partial charge on any atom is 0.256 e. The Balaban J connectivity index is 1.77. The van der Waals surface area contributed by atoms with Crippen molar-refractivity contribution in [3.8, 4) is 11.1 Å². The van der Waals surface area contributed by atoms with E-state index in [-0.39, 0.29) is 17.9 Å². The average molecular weight is 396 g/mol. The topological polar surface area (TPSA) is 87.0 Å². The van der Waals surface area contributed by atoms with Gasteiger partial charge in [0.15, 0.2) is 0 Å². The Morgan fingerprint density at radius 1 is 1.18 bits per heavy atom. The van der Waals surface area contributed by atoms with Gasteiger partial charge in [-0.3, -0.25) is 9.59 Å². The Morgan fingerprint density at radius 3 is 2.82 bits per heavy atom. The van der Waals surface area contributed by atoms with Crippen LogP contribution in [-0.4, -0.2) is 29.6 Å². The third-order valence-corrected chi connectivity index (χ3v) is 5.04. The summed E-state index contributed by atoms with van der Waals surface area (Å²) in [7, 11) is 1.53. The largest absolute Gasteiger partial charge is 0.384 e. The quantitative estimate of drug-likeness (QED) is 0.470. The Labute approximate surface area is 165 Å². The number of fused-ring (bicyclic) bond motifs is 2. The van der Waals surface area contributed by atoms with Crippen molar-refractivity contribution in [1.82, 2.24) is 9.97 Å². The molecule has 0 bridgehead atoms. The van der Waals surface area contributed by atoms with Crippen molar-refractivity contribution >= 4 is 45.0 Å². The summed E-state index contributed by atoms with van der Waals surface area (Å²) in [6, 6.07) is 13.2. The second-order valence-corrected chi connectivity index (χ2v) is 6.82. The SMILES string of the molecule is COCCC(=O)Nc1ccc2cc(-c3c[nH]c4ccccc34)c(=O)[nH]c2c1Cl. The summed E-state index contributed by atoms with van der Waals surface area (Å²) in [5.41, 5.74) is 3.03. The molecule has 0 saturated carbocycles. The predicted octanol–water partition coefficient (Wildman–Crippen LogP) is 4.30. The number of carbonyl (C=O) groups excluding carboxylic acids is 1. The van der Waals surface area contributed by atoms with Gasteiger partial charge in [0, 0.05) is 40.7 Å². The van der Waals surface area contributed by atoms with Crippen LogP contribution in [0, 0.1) is 0 Å². The van der Waals surface area contributed by atoms with E-state index in [2.05, 4.69) is 15.3 Å². The van der Waals surface area contributed by atoms with E-state index in [1.54, 1.807) is 6.07 Å². The number of amides is 1. The molecule has 0 fully saturated rings. The van der Waals surface area contributed by atoms with Crippen LogP contribution in [0.1, 0.15) is 6.42 Å². The summed E-state index contributed by atoms with van der Waals surface area (Å²) in [4.78, 5) is 30.7. The minimum Gasteiger partial charge on any atom is -0.384 e. The summed E-state index contributed by atoms with van der Waals surface area (Å²) < 4.78 is 4.90. The van der Waals surface area contributed by atoms with Crippen LogP contribution in [0.4, 0.5) is 5.69 Å². The van der Waals surface area contributed by atoms with E-state index in [1.807, 2.05) is 42.6 Å². The number of methoxy groups -OCH3 is 1. The molecule has 2 aromatic heterocycles. The number of para-hydroxylation sites is 1. The summed E-state index contributed by atoms with van der Waals surface area (Å²) in [5, 5.41) is 4.79. The van der Waals surface area contributed by atoms with Crippen molar-refractivity contribution in [3.63, 3.8) is 0 Å². The van der Waals surface area contributed by atoms with Gasteiger partial charge in [0.2, 0.25) is 5.91 Å². The highest BCUT2D eigenvalue weighted by atomic mass is 35.5. The van der Waals surface area contributed by atoms with Crippen LogP contribution in [0.3, 0.4) is 0 Å². The Hall–Kier alpha value is -3.09. The average Bonchev–Trinajstić information content (AvgIpc) is 3.12. The zero-order valence-electron chi connectivity index (χ0n) is 15.1. The zero-order chi connectivity index (χ0) is 19.7. The van der Waals surface area contributed by atoms with E-state index in [1.165, 1.54) is 7.11 Å². The number of nitrogens with one attached hydrogen (secondary N) is 3. The molecular weight excluding hydrogens is 378 g/mol. The van der Waals surface area contributed by atoms with Crippen molar-refractivity contribution in [3.05, 3.63) is 64.0 Å². The van der Waals surface area contributed by atoms with E-state index < -0.39 is 0 Å². The molecule has 28 heavy (non-hydrogen) atoms. The first-order valence-electron chi connectivity index (χ1n) is 8.79. The highest BCUT2D eigenvalue weighted by Crippen LogP contribution is 2.32. The number of H-pyrrole nitrogens is 2. The monoisotopic (exact) mass is 395 g/mol. The number of carbonyl (C=O) groups is 1. The number of pyridine rings is 1. The Bertz CT molecular complexity index is 1240. The van der Waals surface area contributed by atoms with Crippen molar-refractivity contribution in [2.24, 2.45) is 0 Å². The smallest absolute Gasteiger partial charge is 0.256 e. The molecule has 4 rings (SSSR count). The molecule has 4 aromatic rings. The van der Waals surface area contributed by atoms with E-state index in [4.69, 9.17) is 16.3 Å². The molecule has 0 aliphatic heterocycles. The number of anilines is 1. The van der Waals surface area contributed by atoms with Gasteiger partial charge in [0.1, 0.15) is 0 Å². The minimum absolute atomic E-state index is 0.208. The van der Waals surface area contributed by atoms with Crippen LogP contribution < -0.4 is 10.9 Å². The molecule has 0 atom stereocenters. The molecule has 0 aliphatic rings. The lowest BCUT2D eigenvalue weighted by molar-refractivity contribution is -0.117. The first-order valence-corrected chi connectivity index (χ1v) is 9.17. The van der Waals surface area contributed by atoms with Gasteiger partial charge in [0.25, 0.3) is 5.56 Å². The van der Waals surface area contributed by atoms with Crippen molar-refractivity contribution < 1.29 is 9.53 Å². The van der Waals surface area contributed by atoms with Gasteiger partial charge in [-0.2, -0.15) is 0 Å². The van der Waals surface area contributed by atoms with Crippen LogP contribution >= 0.6 is 11.6 Å². The number of hydrogen-bond donors (Lipinski definition) is 3. The lowest BCUT2D eigenvalue weighted by Crippen LogP contribution is -2.14. The minimum atomic E-state index is -0.248. The second-order valence-electron chi connectivity index (χ2n) is 6.44. The summed E-state index contributed by atoms with van der Waals surface area (Å²) in [6.45, 7) is 0.321. The maximum atomic E-state index is 12.8. The third kappa shape index (κ3) is 3.28. The fourth-order valence-electron chi connectivity index (χ4n) is 3.24. The Kier molecular flexibility index (Phi) is 4.90. The molecule has 0 radical (unpaired) electrons. The van der Waals surface area contributed by atoms with Crippen LogP contribution in [0.25, 0.3) is 32.9 Å². The van der Waals surface area contributed by atoms with E-state index in [9.17, 15) is 9.59 Å². The molecule has 7 heteroatoms. The van der Waals surface area contributed by atoms with Gasteiger partial charge in [-0.1, -0.05) is 35.9 Å². The predicted molar refractivity (Wildman–Crippen MR) is 112 cm³/mol. The fraction of sp³-hybridized carbons (Fsp3) is 0.143. The summed E-state index contributed by atoms with van der Waals surface area (Å²) in [6.07, 6.45) is 2.05. The van der Waals surface area contributed by atoms with Gasteiger partial charge in [0.05, 0.1) is 29.3 Å². The molecule has 1 amide bonds. The molecule has 142 valence electrons. The normalized spacial score (nSPS) is 11.2. The van der Waals surface area contributed by atoms with Gasteiger partial charge >= 0.3 is 0 Å². The molecule has 0 saturated heterocycles. The molecule has 0 spiro atoms. The molecule has 6 nitrogen and oxygen atoms in total. The second kappa shape index (κ2) is 7.50. The number of aromatic nitrogens is 2. The Morgan fingerprint density at radius 2 is 2.00 bits per heavy atom. The molecule has 2 aromatic carbocycles. The summed E-state index contributed by atoms with van der Waals surface area (Å²) in [5.74, 6) is -0.208.